The number of nitrogens with one attached hydrogen (secondary N) is 3. The Morgan fingerprint density at radius 2 is 1.47 bits per heavy atom. The van der Waals surface area contributed by atoms with Crippen molar-refractivity contribution in [2.45, 2.75) is 111 Å². The molecule has 2 saturated heterocycles. The molecule has 0 spiro atoms. The van der Waals surface area contributed by atoms with Gasteiger partial charge in [0.1, 0.15) is 6.26 Å². The van der Waals surface area contributed by atoms with Gasteiger partial charge in [0.25, 0.3) is 17.7 Å². The van der Waals surface area contributed by atoms with Crippen LogP contribution >= 0.6 is 0 Å². The van der Waals surface area contributed by atoms with E-state index in [2.05, 4.69) is 65.2 Å². The average molecular weight is 879 g/mol. The molecular formula is C48H66N10O6. The fourth-order valence-electron chi connectivity index (χ4n) is 7.60. The third kappa shape index (κ3) is 16.1. The standard InChI is InChI=1S/C48H66N10O6/c1-34-30-44(52-48(61)46(38(5)59)56-54-42-21-17-40(18-22-42)47(60)49-23-11-27-57-25-9-7-13-36(57)3)35(2)29-43(34)50-33-63-45(32-62-6)55-53-41-19-15-39(16-20-41)31-64-51-24-12-28-58-26-10-8-14-37(58)4/h15-22,29-30,32-33,36-37,46,51H,7-14,23-28,31H2,1-6H3,(H,49,60)(H,52,61)/b45-32+,50-33?,55-53?,56-54?. The Labute approximate surface area is 378 Å². The maximum atomic E-state index is 13.3. The van der Waals surface area contributed by atoms with E-state index < -0.39 is 17.7 Å². The third-order valence-corrected chi connectivity index (χ3v) is 11.5. The van der Waals surface area contributed by atoms with Crippen LogP contribution in [-0.4, -0.2) is 98.3 Å². The molecule has 5 rings (SSSR count). The van der Waals surface area contributed by atoms with Crippen molar-refractivity contribution in [3.8, 4) is 0 Å². The van der Waals surface area contributed by atoms with Crippen LogP contribution in [0.15, 0.2) is 98.3 Å². The van der Waals surface area contributed by atoms with Crippen LogP contribution in [0.2, 0.25) is 0 Å². The van der Waals surface area contributed by atoms with Gasteiger partial charge in [0, 0.05) is 43.0 Å². The number of likely N-dealkylation sites (tertiary alicyclic amines) is 2. The number of carbonyl (C=O) groups excluding carboxylic acids is 3. The maximum Gasteiger partial charge on any atom is 0.274 e. The molecule has 3 aromatic carbocycles. The minimum absolute atomic E-state index is 0.0783. The number of hydroxylamine groups is 1. The number of ketones is 1. The molecule has 16 heteroatoms. The molecule has 2 aliphatic rings. The van der Waals surface area contributed by atoms with E-state index in [1.807, 2.05) is 38.1 Å². The van der Waals surface area contributed by atoms with Crippen molar-refractivity contribution in [1.82, 2.24) is 20.6 Å². The number of aliphatic imine (C=N–C) groups is 1. The van der Waals surface area contributed by atoms with Crippen LogP contribution in [0.25, 0.3) is 0 Å². The SMILES string of the molecule is CO/C=C(\N=Nc1ccc(CONCCCN2CCCCC2C)cc1)OC=Nc1cc(C)c(NC(=O)C(N=Nc2ccc(C(=O)NCCCN3CCCCC3C)cc2)C(C)=O)cc1C. The summed E-state index contributed by atoms with van der Waals surface area (Å²) in [5.41, 5.74) is 8.08. The number of anilines is 1. The number of azo groups is 2. The molecule has 3 atom stereocenters. The zero-order chi connectivity index (χ0) is 45.7. The van der Waals surface area contributed by atoms with Gasteiger partial charge in [-0.1, -0.05) is 25.0 Å². The molecule has 2 heterocycles. The molecule has 16 nitrogen and oxygen atoms in total. The lowest BCUT2D eigenvalue weighted by Crippen LogP contribution is -2.39. The first kappa shape index (κ1) is 49.3. The highest BCUT2D eigenvalue weighted by molar-refractivity contribution is 6.10. The quantitative estimate of drug-likeness (QED) is 0.0159. The number of ether oxygens (including phenoxy) is 2. The predicted molar refractivity (Wildman–Crippen MR) is 249 cm³/mol. The van der Waals surface area contributed by atoms with Gasteiger partial charge in [-0.2, -0.15) is 10.2 Å². The van der Waals surface area contributed by atoms with E-state index in [9.17, 15) is 14.4 Å². The number of aryl methyl sites for hydroxylation is 2. The molecule has 3 aromatic rings. The largest absolute Gasteiger partial charge is 0.499 e. The summed E-state index contributed by atoms with van der Waals surface area (Å²) in [6.07, 6.45) is 12.1. The number of Topliss-reactive ketones (excluding diaryl/α,β-unsaturated/α-hetero) is 1. The fraction of sp³-hybridized carbons (Fsp3) is 0.500. The van der Waals surface area contributed by atoms with Crippen molar-refractivity contribution in [1.29, 1.82) is 0 Å². The van der Waals surface area contributed by atoms with E-state index in [-0.39, 0.29) is 11.8 Å². The second kappa shape index (κ2) is 26.2. The minimum Gasteiger partial charge on any atom is -0.499 e. The summed E-state index contributed by atoms with van der Waals surface area (Å²) in [6.45, 7) is 15.7. The Kier molecular flexibility index (Phi) is 20.2. The smallest absolute Gasteiger partial charge is 0.274 e. The first-order valence-electron chi connectivity index (χ1n) is 22.5. The van der Waals surface area contributed by atoms with Crippen molar-refractivity contribution in [3.63, 3.8) is 0 Å². The van der Waals surface area contributed by atoms with E-state index in [1.54, 1.807) is 36.4 Å². The molecule has 3 unspecified atom stereocenters. The number of methoxy groups -OCH3 is 1. The van der Waals surface area contributed by atoms with Gasteiger partial charge < -0.3 is 29.9 Å². The van der Waals surface area contributed by atoms with Crippen LogP contribution in [0.5, 0.6) is 0 Å². The summed E-state index contributed by atoms with van der Waals surface area (Å²) in [4.78, 5) is 53.7. The van der Waals surface area contributed by atoms with E-state index in [0.717, 1.165) is 50.1 Å². The first-order valence-corrected chi connectivity index (χ1v) is 22.5. The van der Waals surface area contributed by atoms with Crippen molar-refractivity contribution in [3.05, 3.63) is 95.1 Å². The summed E-state index contributed by atoms with van der Waals surface area (Å²) < 4.78 is 10.8. The van der Waals surface area contributed by atoms with Crippen molar-refractivity contribution in [2.75, 3.05) is 51.7 Å². The lowest BCUT2D eigenvalue weighted by atomic mass is 10.0. The van der Waals surface area contributed by atoms with Gasteiger partial charge in [0.15, 0.2) is 12.2 Å². The Morgan fingerprint density at radius 3 is 2.11 bits per heavy atom. The summed E-state index contributed by atoms with van der Waals surface area (Å²) in [7, 11) is 1.48. The Bertz CT molecular complexity index is 2090. The molecule has 64 heavy (non-hydrogen) atoms. The van der Waals surface area contributed by atoms with Gasteiger partial charge in [-0.15, -0.1) is 10.2 Å². The van der Waals surface area contributed by atoms with E-state index in [0.29, 0.717) is 59.1 Å². The lowest BCUT2D eigenvalue weighted by molar-refractivity contribution is -0.126. The first-order chi connectivity index (χ1) is 31.0. The summed E-state index contributed by atoms with van der Waals surface area (Å²) >= 11 is 0. The molecule has 0 saturated carbocycles. The lowest BCUT2D eigenvalue weighted by Gasteiger charge is -2.33. The van der Waals surface area contributed by atoms with Crippen LogP contribution < -0.4 is 16.1 Å². The second-order valence-corrected chi connectivity index (χ2v) is 16.5. The average Bonchev–Trinajstić information content (AvgIpc) is 3.28. The van der Waals surface area contributed by atoms with Gasteiger partial charge in [0.2, 0.25) is 6.04 Å². The number of piperidine rings is 2. The number of rotatable bonds is 23. The van der Waals surface area contributed by atoms with Gasteiger partial charge in [-0.05, 0) is 158 Å². The van der Waals surface area contributed by atoms with Crippen LogP contribution in [-0.2, 0) is 30.5 Å². The van der Waals surface area contributed by atoms with Crippen molar-refractivity contribution < 1.29 is 28.7 Å². The number of amides is 2. The zero-order valence-corrected chi connectivity index (χ0v) is 38.3. The minimum atomic E-state index is -1.38. The fourth-order valence-corrected chi connectivity index (χ4v) is 7.60. The molecular weight excluding hydrogens is 813 g/mol. The maximum absolute atomic E-state index is 13.3. The number of nitrogens with zero attached hydrogens (tertiary/aromatic N) is 7. The van der Waals surface area contributed by atoms with Crippen LogP contribution in [0.1, 0.15) is 99.2 Å². The van der Waals surface area contributed by atoms with Crippen LogP contribution in [0.3, 0.4) is 0 Å². The summed E-state index contributed by atoms with van der Waals surface area (Å²) in [5.74, 6) is -1.19. The summed E-state index contributed by atoms with van der Waals surface area (Å²) in [6, 6.07) is 17.5. The second-order valence-electron chi connectivity index (χ2n) is 16.5. The van der Waals surface area contributed by atoms with E-state index >= 15 is 0 Å². The summed E-state index contributed by atoms with van der Waals surface area (Å²) in [5, 5.41) is 22.4. The monoisotopic (exact) mass is 879 g/mol. The molecule has 0 bridgehead atoms. The third-order valence-electron chi connectivity index (χ3n) is 11.5. The predicted octanol–water partition coefficient (Wildman–Crippen LogP) is 9.17. The Balaban J connectivity index is 1.06. The number of carbonyl (C=O) groups is 3. The molecule has 3 N–H and O–H groups in total. The van der Waals surface area contributed by atoms with Gasteiger partial charge >= 0.3 is 0 Å². The van der Waals surface area contributed by atoms with E-state index in [4.69, 9.17) is 14.3 Å². The molecule has 0 aromatic heterocycles. The van der Waals surface area contributed by atoms with Gasteiger partial charge in [0.05, 0.1) is 30.8 Å². The van der Waals surface area contributed by atoms with Gasteiger partial charge in [-0.3, -0.25) is 19.2 Å². The highest BCUT2D eigenvalue weighted by Crippen LogP contribution is 2.27. The molecule has 2 amide bonds. The van der Waals surface area contributed by atoms with Crippen molar-refractivity contribution in [2.24, 2.45) is 25.4 Å². The van der Waals surface area contributed by atoms with Crippen molar-refractivity contribution >= 4 is 46.7 Å². The number of benzene rings is 3. The Hall–Kier alpha value is -5.68. The van der Waals surface area contributed by atoms with E-state index in [1.165, 1.54) is 71.8 Å². The highest BCUT2D eigenvalue weighted by atomic mass is 16.6. The van der Waals surface area contributed by atoms with Crippen LogP contribution in [0, 0.1) is 13.8 Å². The Morgan fingerprint density at radius 1 is 0.828 bits per heavy atom. The normalized spacial score (nSPS) is 18.1. The topological polar surface area (TPSA) is 183 Å². The highest BCUT2D eigenvalue weighted by Gasteiger charge is 2.24. The number of hydrogen-bond acceptors (Lipinski definition) is 14. The zero-order valence-electron chi connectivity index (χ0n) is 38.3. The molecule has 0 radical (unpaired) electrons. The molecule has 0 aliphatic carbocycles. The van der Waals surface area contributed by atoms with Crippen LogP contribution in [0.4, 0.5) is 22.7 Å². The molecule has 2 fully saturated rings. The van der Waals surface area contributed by atoms with Gasteiger partial charge in [-0.25, -0.2) is 10.5 Å². The molecule has 2 aliphatic heterocycles. The molecule has 344 valence electrons. The number of hydrogen-bond donors (Lipinski definition) is 3.